The second-order valence-corrected chi connectivity index (χ2v) is 4.39. The molecule has 86 valence electrons. The van der Waals surface area contributed by atoms with Crippen LogP contribution in [0, 0.1) is 0 Å². The number of hydrogen-bond acceptors (Lipinski definition) is 3. The standard InChI is InChI=1S/C13H17NO2/c1-8(2)10-6-9(16-3)7-11-12(15)4-5-14-13(10)11/h6-8,14H,4-5H2,1-3H3. The third kappa shape index (κ3) is 1.77. The van der Waals surface area contributed by atoms with Crippen molar-refractivity contribution < 1.29 is 9.53 Å². The molecule has 0 atom stereocenters. The molecule has 2 rings (SSSR count). The number of carbonyl (C=O) groups is 1. The number of rotatable bonds is 2. The molecule has 0 amide bonds. The van der Waals surface area contributed by atoms with Gasteiger partial charge in [-0.15, -0.1) is 0 Å². The van der Waals surface area contributed by atoms with Gasteiger partial charge in [-0.3, -0.25) is 4.79 Å². The number of hydrogen-bond donors (Lipinski definition) is 1. The van der Waals surface area contributed by atoms with E-state index < -0.39 is 0 Å². The maximum Gasteiger partial charge on any atom is 0.166 e. The van der Waals surface area contributed by atoms with Gasteiger partial charge in [0, 0.05) is 24.2 Å². The molecule has 1 aromatic carbocycles. The van der Waals surface area contributed by atoms with Gasteiger partial charge in [-0.05, 0) is 23.6 Å². The van der Waals surface area contributed by atoms with E-state index in [0.29, 0.717) is 12.3 Å². The Morgan fingerprint density at radius 3 is 2.75 bits per heavy atom. The van der Waals surface area contributed by atoms with Crippen molar-refractivity contribution in [2.45, 2.75) is 26.2 Å². The SMILES string of the molecule is COc1cc2c(c(C(C)C)c1)NCCC2=O. The van der Waals surface area contributed by atoms with Crippen LogP contribution in [0.15, 0.2) is 12.1 Å². The molecule has 0 unspecified atom stereocenters. The van der Waals surface area contributed by atoms with Gasteiger partial charge in [0.2, 0.25) is 0 Å². The summed E-state index contributed by atoms with van der Waals surface area (Å²) in [5.74, 6) is 1.34. The van der Waals surface area contributed by atoms with E-state index in [1.807, 2.05) is 12.1 Å². The van der Waals surface area contributed by atoms with E-state index in [0.717, 1.165) is 29.1 Å². The fourth-order valence-corrected chi connectivity index (χ4v) is 2.06. The summed E-state index contributed by atoms with van der Waals surface area (Å²) in [5.41, 5.74) is 2.92. The molecule has 0 bridgehead atoms. The lowest BCUT2D eigenvalue weighted by Crippen LogP contribution is -2.20. The summed E-state index contributed by atoms with van der Waals surface area (Å²) in [7, 11) is 1.63. The number of ether oxygens (including phenoxy) is 1. The van der Waals surface area contributed by atoms with E-state index in [-0.39, 0.29) is 5.78 Å². The van der Waals surface area contributed by atoms with Crippen LogP contribution in [-0.4, -0.2) is 19.4 Å². The summed E-state index contributed by atoms with van der Waals surface area (Å²) in [4.78, 5) is 11.8. The zero-order chi connectivity index (χ0) is 11.7. The average Bonchev–Trinajstić information content (AvgIpc) is 2.28. The van der Waals surface area contributed by atoms with E-state index in [9.17, 15) is 4.79 Å². The number of anilines is 1. The monoisotopic (exact) mass is 219 g/mol. The summed E-state index contributed by atoms with van der Waals surface area (Å²) in [6.07, 6.45) is 0.567. The molecule has 3 heteroatoms. The van der Waals surface area contributed by atoms with Crippen molar-refractivity contribution in [3.63, 3.8) is 0 Å². The van der Waals surface area contributed by atoms with Gasteiger partial charge < -0.3 is 10.1 Å². The van der Waals surface area contributed by atoms with Crippen molar-refractivity contribution >= 4 is 11.5 Å². The molecular formula is C13H17NO2. The van der Waals surface area contributed by atoms with Crippen LogP contribution in [0.4, 0.5) is 5.69 Å². The van der Waals surface area contributed by atoms with Crippen molar-refractivity contribution in [1.29, 1.82) is 0 Å². The van der Waals surface area contributed by atoms with E-state index in [1.54, 1.807) is 7.11 Å². The maximum atomic E-state index is 11.8. The molecule has 0 saturated heterocycles. The zero-order valence-electron chi connectivity index (χ0n) is 9.96. The maximum absolute atomic E-state index is 11.8. The summed E-state index contributed by atoms with van der Waals surface area (Å²) in [6, 6.07) is 3.84. The second kappa shape index (κ2) is 4.16. The first kappa shape index (κ1) is 11.0. The number of benzene rings is 1. The van der Waals surface area contributed by atoms with E-state index in [2.05, 4.69) is 19.2 Å². The van der Waals surface area contributed by atoms with Crippen LogP contribution in [-0.2, 0) is 0 Å². The van der Waals surface area contributed by atoms with Crippen LogP contribution in [0.5, 0.6) is 5.75 Å². The number of ketones is 1. The fraction of sp³-hybridized carbons (Fsp3) is 0.462. The lowest BCUT2D eigenvalue weighted by atomic mass is 9.92. The Labute approximate surface area is 95.8 Å². The Hall–Kier alpha value is -1.51. The first-order valence-corrected chi connectivity index (χ1v) is 5.62. The van der Waals surface area contributed by atoms with Gasteiger partial charge in [-0.2, -0.15) is 0 Å². The first-order chi connectivity index (χ1) is 7.63. The highest BCUT2D eigenvalue weighted by atomic mass is 16.5. The molecule has 1 aliphatic heterocycles. The van der Waals surface area contributed by atoms with Crippen LogP contribution >= 0.6 is 0 Å². The van der Waals surface area contributed by atoms with Crippen LogP contribution in [0.3, 0.4) is 0 Å². The molecule has 0 saturated carbocycles. The van der Waals surface area contributed by atoms with Gasteiger partial charge >= 0.3 is 0 Å². The predicted octanol–water partition coefficient (Wildman–Crippen LogP) is 2.82. The quantitative estimate of drug-likeness (QED) is 0.831. The van der Waals surface area contributed by atoms with Crippen LogP contribution < -0.4 is 10.1 Å². The minimum Gasteiger partial charge on any atom is -0.497 e. The van der Waals surface area contributed by atoms with Gasteiger partial charge in [-0.1, -0.05) is 13.8 Å². The summed E-state index contributed by atoms with van der Waals surface area (Å²) < 4.78 is 5.24. The van der Waals surface area contributed by atoms with Crippen molar-refractivity contribution in [2.75, 3.05) is 19.0 Å². The summed E-state index contributed by atoms with van der Waals surface area (Å²) in [6.45, 7) is 4.98. The number of fused-ring (bicyclic) bond motifs is 1. The average molecular weight is 219 g/mol. The molecule has 0 aliphatic carbocycles. The molecule has 3 nitrogen and oxygen atoms in total. The van der Waals surface area contributed by atoms with Crippen LogP contribution in [0.1, 0.15) is 42.1 Å². The normalized spacial score (nSPS) is 14.6. The minimum atomic E-state index is 0.203. The van der Waals surface area contributed by atoms with Crippen molar-refractivity contribution in [1.82, 2.24) is 0 Å². The van der Waals surface area contributed by atoms with Crippen molar-refractivity contribution in [3.05, 3.63) is 23.3 Å². The predicted molar refractivity (Wildman–Crippen MR) is 64.5 cm³/mol. The summed E-state index contributed by atoms with van der Waals surface area (Å²) >= 11 is 0. The highest BCUT2D eigenvalue weighted by Gasteiger charge is 2.22. The third-order valence-corrected chi connectivity index (χ3v) is 2.95. The lowest BCUT2D eigenvalue weighted by Gasteiger charge is -2.23. The van der Waals surface area contributed by atoms with Crippen molar-refractivity contribution in [3.8, 4) is 5.75 Å². The van der Waals surface area contributed by atoms with E-state index in [1.165, 1.54) is 0 Å². The Balaban J connectivity index is 2.60. The Bertz CT molecular complexity index is 424. The second-order valence-electron chi connectivity index (χ2n) is 4.39. The van der Waals surface area contributed by atoms with Crippen LogP contribution in [0.25, 0.3) is 0 Å². The fourth-order valence-electron chi connectivity index (χ4n) is 2.06. The van der Waals surface area contributed by atoms with E-state index in [4.69, 9.17) is 4.74 Å². The minimum absolute atomic E-state index is 0.203. The lowest BCUT2D eigenvalue weighted by molar-refractivity contribution is 0.0983. The van der Waals surface area contributed by atoms with E-state index >= 15 is 0 Å². The third-order valence-electron chi connectivity index (χ3n) is 2.95. The first-order valence-electron chi connectivity index (χ1n) is 5.62. The molecule has 1 aromatic rings. The Morgan fingerprint density at radius 2 is 2.12 bits per heavy atom. The molecule has 0 fully saturated rings. The number of methoxy groups -OCH3 is 1. The molecule has 16 heavy (non-hydrogen) atoms. The van der Waals surface area contributed by atoms with Gasteiger partial charge in [-0.25, -0.2) is 0 Å². The molecule has 1 N–H and O–H groups in total. The molecule has 0 aromatic heterocycles. The highest BCUT2D eigenvalue weighted by molar-refractivity contribution is 6.04. The number of carbonyl (C=O) groups excluding carboxylic acids is 1. The van der Waals surface area contributed by atoms with Crippen LogP contribution in [0.2, 0.25) is 0 Å². The smallest absolute Gasteiger partial charge is 0.166 e. The largest absolute Gasteiger partial charge is 0.497 e. The summed E-state index contributed by atoms with van der Waals surface area (Å²) in [5, 5.41) is 3.32. The molecule has 1 aliphatic rings. The zero-order valence-corrected chi connectivity index (χ0v) is 9.96. The molecule has 1 heterocycles. The van der Waals surface area contributed by atoms with Gasteiger partial charge in [0.05, 0.1) is 7.11 Å². The van der Waals surface area contributed by atoms with Gasteiger partial charge in [0.25, 0.3) is 0 Å². The number of nitrogens with one attached hydrogen (secondary N) is 1. The van der Waals surface area contributed by atoms with Gasteiger partial charge in [0.1, 0.15) is 5.75 Å². The number of Topliss-reactive ketones (excluding diaryl/α,β-unsaturated/α-hetero) is 1. The Morgan fingerprint density at radius 1 is 1.38 bits per heavy atom. The Kier molecular flexibility index (Phi) is 2.86. The van der Waals surface area contributed by atoms with Gasteiger partial charge in [0.15, 0.2) is 5.78 Å². The molecule has 0 spiro atoms. The highest BCUT2D eigenvalue weighted by Crippen LogP contribution is 2.34. The topological polar surface area (TPSA) is 38.3 Å². The molecule has 0 radical (unpaired) electrons. The molecular weight excluding hydrogens is 202 g/mol. The van der Waals surface area contributed by atoms with Crippen molar-refractivity contribution in [2.24, 2.45) is 0 Å².